The van der Waals surface area contributed by atoms with Gasteiger partial charge in [0.25, 0.3) is 0 Å². The number of aliphatic imine (C=N–C) groups is 1. The lowest BCUT2D eigenvalue weighted by atomic mass is 10.1. The van der Waals surface area contributed by atoms with Crippen LogP contribution in [-0.2, 0) is 6.54 Å². The van der Waals surface area contributed by atoms with Gasteiger partial charge in [0.1, 0.15) is 5.60 Å². The van der Waals surface area contributed by atoms with Gasteiger partial charge in [-0.15, -0.1) is 0 Å². The highest BCUT2D eigenvalue weighted by atomic mass is 16.5. The Hall–Kier alpha value is -1.78. The van der Waals surface area contributed by atoms with Gasteiger partial charge in [-0.25, -0.2) is 9.98 Å². The molecular weight excluding hydrogens is 252 g/mol. The first kappa shape index (κ1) is 16.3. The molecule has 0 atom stereocenters. The number of rotatable bonds is 3. The smallest absolute Gasteiger partial charge is 0.213 e. The Balaban J connectivity index is 2.60. The van der Waals surface area contributed by atoms with E-state index in [0.717, 1.165) is 5.56 Å². The third-order valence-electron chi connectivity index (χ3n) is 2.14. The van der Waals surface area contributed by atoms with Gasteiger partial charge in [-0.05, 0) is 47.1 Å². The Labute approximate surface area is 121 Å². The lowest BCUT2D eigenvalue weighted by Crippen LogP contribution is -2.44. The minimum absolute atomic E-state index is 0.0871. The summed E-state index contributed by atoms with van der Waals surface area (Å²) in [7, 11) is 0. The number of aromatic nitrogens is 1. The largest absolute Gasteiger partial charge is 0.472 e. The fourth-order valence-corrected chi connectivity index (χ4v) is 1.48. The Bertz CT molecular complexity index is 452. The molecule has 5 nitrogen and oxygen atoms in total. The Morgan fingerprint density at radius 1 is 1.25 bits per heavy atom. The number of ether oxygens (including phenoxy) is 1. The topological polar surface area (TPSA) is 72.5 Å². The molecule has 0 bridgehead atoms. The lowest BCUT2D eigenvalue weighted by molar-refractivity contribution is 0.124. The molecule has 112 valence electrons. The van der Waals surface area contributed by atoms with Gasteiger partial charge in [-0.1, -0.05) is 6.07 Å². The number of hydrogen-bond acceptors (Lipinski definition) is 3. The molecule has 0 aliphatic heterocycles. The highest BCUT2D eigenvalue weighted by molar-refractivity contribution is 5.78. The van der Waals surface area contributed by atoms with E-state index in [1.54, 1.807) is 6.20 Å². The number of nitrogens with two attached hydrogens (primary N) is 1. The lowest BCUT2D eigenvalue weighted by Gasteiger charge is -2.21. The van der Waals surface area contributed by atoms with E-state index in [1.807, 2.05) is 53.7 Å². The van der Waals surface area contributed by atoms with E-state index in [9.17, 15) is 0 Å². The predicted molar refractivity (Wildman–Crippen MR) is 82.8 cm³/mol. The van der Waals surface area contributed by atoms with Crippen LogP contribution in [0.5, 0.6) is 5.88 Å². The molecule has 1 heterocycles. The van der Waals surface area contributed by atoms with Gasteiger partial charge in [0.2, 0.25) is 5.88 Å². The first-order valence-electron chi connectivity index (χ1n) is 6.77. The molecule has 1 rings (SSSR count). The Kier molecular flexibility index (Phi) is 4.98. The summed E-state index contributed by atoms with van der Waals surface area (Å²) < 4.78 is 5.66. The SMILES string of the molecule is CC(C)(C)NC(N)=NCc1ccc(OC(C)(C)C)nc1. The number of nitrogens with zero attached hydrogens (tertiary/aromatic N) is 2. The molecule has 0 aromatic carbocycles. The summed E-state index contributed by atoms with van der Waals surface area (Å²) in [6, 6.07) is 3.80. The quantitative estimate of drug-likeness (QED) is 0.658. The average Bonchev–Trinajstić information content (AvgIpc) is 2.23. The third kappa shape index (κ3) is 6.97. The molecule has 0 saturated carbocycles. The van der Waals surface area contributed by atoms with E-state index in [1.165, 1.54) is 0 Å². The number of hydrogen-bond donors (Lipinski definition) is 2. The van der Waals surface area contributed by atoms with Gasteiger partial charge in [0, 0.05) is 17.8 Å². The fourth-order valence-electron chi connectivity index (χ4n) is 1.48. The molecular formula is C15H26N4O. The van der Waals surface area contributed by atoms with E-state index >= 15 is 0 Å². The molecule has 0 aliphatic carbocycles. The Morgan fingerprint density at radius 3 is 2.35 bits per heavy atom. The minimum Gasteiger partial charge on any atom is -0.472 e. The summed E-state index contributed by atoms with van der Waals surface area (Å²) >= 11 is 0. The fraction of sp³-hybridized carbons (Fsp3) is 0.600. The van der Waals surface area contributed by atoms with Crippen molar-refractivity contribution in [1.82, 2.24) is 10.3 Å². The zero-order valence-electron chi connectivity index (χ0n) is 13.3. The van der Waals surface area contributed by atoms with Crippen LogP contribution in [0.15, 0.2) is 23.3 Å². The van der Waals surface area contributed by atoms with E-state index in [-0.39, 0.29) is 11.1 Å². The Morgan fingerprint density at radius 2 is 1.90 bits per heavy atom. The maximum Gasteiger partial charge on any atom is 0.213 e. The predicted octanol–water partition coefficient (Wildman–Crippen LogP) is 2.46. The maximum absolute atomic E-state index is 5.81. The van der Waals surface area contributed by atoms with E-state index in [0.29, 0.717) is 18.4 Å². The molecule has 1 aromatic rings. The van der Waals surface area contributed by atoms with E-state index in [4.69, 9.17) is 10.5 Å². The van der Waals surface area contributed by atoms with Crippen molar-refractivity contribution in [2.24, 2.45) is 10.7 Å². The van der Waals surface area contributed by atoms with E-state index in [2.05, 4.69) is 15.3 Å². The van der Waals surface area contributed by atoms with Crippen LogP contribution in [0.1, 0.15) is 47.1 Å². The van der Waals surface area contributed by atoms with Crippen molar-refractivity contribution < 1.29 is 4.74 Å². The van der Waals surface area contributed by atoms with Crippen LogP contribution in [0.3, 0.4) is 0 Å². The first-order valence-corrected chi connectivity index (χ1v) is 6.77. The molecule has 1 aromatic heterocycles. The second-order valence-corrected chi connectivity index (χ2v) is 6.80. The third-order valence-corrected chi connectivity index (χ3v) is 2.14. The number of nitrogens with one attached hydrogen (secondary N) is 1. The summed E-state index contributed by atoms with van der Waals surface area (Å²) in [4.78, 5) is 8.55. The molecule has 0 radical (unpaired) electrons. The van der Waals surface area contributed by atoms with Gasteiger partial charge < -0.3 is 15.8 Å². The van der Waals surface area contributed by atoms with Gasteiger partial charge in [-0.3, -0.25) is 0 Å². The van der Waals surface area contributed by atoms with Crippen LogP contribution < -0.4 is 15.8 Å². The average molecular weight is 278 g/mol. The molecule has 0 amide bonds. The summed E-state index contributed by atoms with van der Waals surface area (Å²) in [5.74, 6) is 1.05. The van der Waals surface area contributed by atoms with Crippen molar-refractivity contribution in [3.63, 3.8) is 0 Å². The number of pyridine rings is 1. The molecule has 0 fully saturated rings. The van der Waals surface area contributed by atoms with Crippen molar-refractivity contribution in [3.05, 3.63) is 23.9 Å². The molecule has 0 unspecified atom stereocenters. The van der Waals surface area contributed by atoms with Crippen molar-refractivity contribution in [2.45, 2.75) is 59.2 Å². The molecule has 0 aliphatic rings. The molecule has 3 N–H and O–H groups in total. The second-order valence-electron chi connectivity index (χ2n) is 6.80. The van der Waals surface area contributed by atoms with Crippen LogP contribution in [0.25, 0.3) is 0 Å². The standard InChI is InChI=1S/C15H26N4O/c1-14(2,3)19-13(16)18-10-11-7-8-12(17-9-11)20-15(4,5)6/h7-9H,10H2,1-6H3,(H3,16,18,19). The summed E-state index contributed by atoms with van der Waals surface area (Å²) in [6.07, 6.45) is 1.76. The molecule has 5 heteroatoms. The van der Waals surface area contributed by atoms with Crippen LogP contribution >= 0.6 is 0 Å². The first-order chi connectivity index (χ1) is 9.05. The summed E-state index contributed by atoms with van der Waals surface area (Å²) in [5, 5.41) is 3.11. The molecule has 0 saturated heterocycles. The molecule has 20 heavy (non-hydrogen) atoms. The van der Waals surface area contributed by atoms with Gasteiger partial charge in [0.05, 0.1) is 6.54 Å². The van der Waals surface area contributed by atoms with Crippen molar-refractivity contribution in [2.75, 3.05) is 0 Å². The summed E-state index contributed by atoms with van der Waals surface area (Å²) in [6.45, 7) is 12.6. The van der Waals surface area contributed by atoms with Crippen LogP contribution in [0, 0.1) is 0 Å². The van der Waals surface area contributed by atoms with Gasteiger partial charge in [-0.2, -0.15) is 0 Å². The van der Waals surface area contributed by atoms with Gasteiger partial charge >= 0.3 is 0 Å². The minimum atomic E-state index is -0.242. The van der Waals surface area contributed by atoms with Crippen molar-refractivity contribution in [3.8, 4) is 5.88 Å². The zero-order chi connectivity index (χ0) is 15.4. The normalized spacial score (nSPS) is 13.2. The van der Waals surface area contributed by atoms with E-state index < -0.39 is 0 Å². The molecule has 0 spiro atoms. The van der Waals surface area contributed by atoms with Crippen molar-refractivity contribution >= 4 is 5.96 Å². The number of guanidine groups is 1. The highest BCUT2D eigenvalue weighted by Crippen LogP contribution is 2.15. The second kappa shape index (κ2) is 6.11. The summed E-state index contributed by atoms with van der Waals surface area (Å²) in [5.41, 5.74) is 6.48. The monoisotopic (exact) mass is 278 g/mol. The van der Waals surface area contributed by atoms with Crippen LogP contribution in [0.4, 0.5) is 0 Å². The van der Waals surface area contributed by atoms with Crippen LogP contribution in [-0.4, -0.2) is 22.1 Å². The highest BCUT2D eigenvalue weighted by Gasteiger charge is 2.12. The van der Waals surface area contributed by atoms with Crippen molar-refractivity contribution in [1.29, 1.82) is 0 Å². The zero-order valence-corrected chi connectivity index (χ0v) is 13.3. The maximum atomic E-state index is 5.81. The van der Waals surface area contributed by atoms with Crippen LogP contribution in [0.2, 0.25) is 0 Å². The van der Waals surface area contributed by atoms with Gasteiger partial charge in [0.15, 0.2) is 5.96 Å².